The van der Waals surface area contributed by atoms with Crippen LogP contribution in [0.2, 0.25) is 0 Å². The third-order valence-corrected chi connectivity index (χ3v) is 7.42. The van der Waals surface area contributed by atoms with E-state index in [4.69, 9.17) is 0 Å². The summed E-state index contributed by atoms with van der Waals surface area (Å²) in [6, 6.07) is 13.0. The summed E-state index contributed by atoms with van der Waals surface area (Å²) >= 11 is 0. The Kier molecular flexibility index (Phi) is 6.04. The molecule has 0 spiro atoms. The van der Waals surface area contributed by atoms with Gasteiger partial charge in [-0.3, -0.25) is 4.79 Å². The number of rotatable bonds is 6. The topological polar surface area (TPSA) is 104 Å². The van der Waals surface area contributed by atoms with Gasteiger partial charge in [0.15, 0.2) is 0 Å². The summed E-state index contributed by atoms with van der Waals surface area (Å²) < 4.78 is 28.4. The quantitative estimate of drug-likeness (QED) is 0.596. The molecule has 7 nitrogen and oxygen atoms in total. The van der Waals surface area contributed by atoms with Crippen LogP contribution in [0.1, 0.15) is 32.3 Å². The molecule has 4 rings (SSSR count). The van der Waals surface area contributed by atoms with Gasteiger partial charge in [-0.15, -0.1) is 0 Å². The lowest BCUT2D eigenvalue weighted by Crippen LogP contribution is -2.35. The maximum Gasteiger partial charge on any atom is 0.241 e. The molecule has 1 fully saturated rings. The molecule has 0 bridgehead atoms. The highest BCUT2D eigenvalue weighted by molar-refractivity contribution is 7.91. The number of amides is 1. The van der Waals surface area contributed by atoms with Crippen molar-refractivity contribution in [3.63, 3.8) is 0 Å². The number of benzene rings is 2. The molecule has 1 unspecified atom stereocenters. The molecule has 1 saturated heterocycles. The molecule has 1 atom stereocenters. The molecule has 1 aromatic heterocycles. The summed E-state index contributed by atoms with van der Waals surface area (Å²) in [5.74, 6) is 0.280. The summed E-state index contributed by atoms with van der Waals surface area (Å²) in [7, 11) is -3.77. The number of anilines is 1. The van der Waals surface area contributed by atoms with Gasteiger partial charge < -0.3 is 15.2 Å². The van der Waals surface area contributed by atoms with Crippen molar-refractivity contribution in [2.45, 2.75) is 49.1 Å². The average molecular weight is 451 g/mol. The van der Waals surface area contributed by atoms with Crippen LogP contribution in [0, 0.1) is 17.2 Å². The first-order valence-corrected chi connectivity index (χ1v) is 12.2. The van der Waals surface area contributed by atoms with Crippen molar-refractivity contribution in [2.24, 2.45) is 5.92 Å². The predicted molar refractivity (Wildman–Crippen MR) is 123 cm³/mol. The summed E-state index contributed by atoms with van der Waals surface area (Å²) in [5.41, 5.74) is 1.85. The Balaban J connectivity index is 1.61. The molecule has 8 heteroatoms. The standard InChI is InChI=1S/C24H26N4O3S/c1-16(2)14-28-15-17(13-25)21-12-20(9-10-23(21)28)32(30,31)19-7-5-18(6-8-19)27-24(29)22-4-3-11-26-22/h5-10,12,15-16,22,26H,3-4,11,14H2,1-2H3,(H,27,29). The number of fused-ring (bicyclic) bond motifs is 1. The Morgan fingerprint density at radius 2 is 1.94 bits per heavy atom. The van der Waals surface area contributed by atoms with E-state index in [1.54, 1.807) is 36.5 Å². The molecule has 1 aliphatic heterocycles. The Labute approximate surface area is 188 Å². The highest BCUT2D eigenvalue weighted by atomic mass is 32.2. The molecule has 3 aromatic rings. The molecular formula is C24H26N4O3S. The molecule has 32 heavy (non-hydrogen) atoms. The number of aromatic nitrogens is 1. The van der Waals surface area contributed by atoms with E-state index in [1.165, 1.54) is 12.1 Å². The lowest BCUT2D eigenvalue weighted by molar-refractivity contribution is -0.117. The third-order valence-electron chi connectivity index (χ3n) is 5.65. The zero-order chi connectivity index (χ0) is 22.9. The van der Waals surface area contributed by atoms with Gasteiger partial charge >= 0.3 is 0 Å². The van der Waals surface area contributed by atoms with Crippen LogP contribution in [-0.4, -0.2) is 31.5 Å². The fourth-order valence-electron chi connectivity index (χ4n) is 4.07. The van der Waals surface area contributed by atoms with Gasteiger partial charge in [0.2, 0.25) is 15.7 Å². The van der Waals surface area contributed by atoms with Gasteiger partial charge in [-0.05, 0) is 67.8 Å². The van der Waals surface area contributed by atoms with Crippen molar-refractivity contribution < 1.29 is 13.2 Å². The second-order valence-electron chi connectivity index (χ2n) is 8.55. The number of nitrogens with one attached hydrogen (secondary N) is 2. The van der Waals surface area contributed by atoms with E-state index in [2.05, 4.69) is 30.6 Å². The number of carbonyl (C=O) groups excluding carboxylic acids is 1. The van der Waals surface area contributed by atoms with E-state index in [-0.39, 0.29) is 21.7 Å². The summed E-state index contributed by atoms with van der Waals surface area (Å²) in [6.45, 7) is 5.75. The number of nitrogens with zero attached hydrogens (tertiary/aromatic N) is 2. The Hall–Kier alpha value is -3.15. The molecule has 0 saturated carbocycles. The van der Waals surface area contributed by atoms with Gasteiger partial charge in [-0.2, -0.15) is 5.26 Å². The highest BCUT2D eigenvalue weighted by Crippen LogP contribution is 2.29. The van der Waals surface area contributed by atoms with Crippen LogP contribution in [0.4, 0.5) is 5.69 Å². The molecule has 2 N–H and O–H groups in total. The fraction of sp³-hybridized carbons (Fsp3) is 0.333. The lowest BCUT2D eigenvalue weighted by Gasteiger charge is -2.12. The van der Waals surface area contributed by atoms with Crippen molar-refractivity contribution >= 4 is 32.3 Å². The van der Waals surface area contributed by atoms with Crippen LogP contribution in [0.15, 0.2) is 58.5 Å². The van der Waals surface area contributed by atoms with E-state index >= 15 is 0 Å². The fourth-order valence-corrected chi connectivity index (χ4v) is 5.35. The molecule has 166 valence electrons. The van der Waals surface area contributed by atoms with Gasteiger partial charge in [-0.25, -0.2) is 8.42 Å². The minimum atomic E-state index is -3.77. The van der Waals surface area contributed by atoms with Gasteiger partial charge in [0, 0.05) is 29.3 Å². The predicted octanol–water partition coefficient (Wildman–Crippen LogP) is 3.69. The maximum atomic E-state index is 13.2. The van der Waals surface area contributed by atoms with Crippen LogP contribution in [0.25, 0.3) is 10.9 Å². The van der Waals surface area contributed by atoms with Gasteiger partial charge in [0.25, 0.3) is 0 Å². The first-order valence-electron chi connectivity index (χ1n) is 10.7. The summed E-state index contributed by atoms with van der Waals surface area (Å²) in [6.07, 6.45) is 3.54. The van der Waals surface area contributed by atoms with Crippen LogP contribution < -0.4 is 10.6 Å². The Morgan fingerprint density at radius 1 is 1.22 bits per heavy atom. The van der Waals surface area contributed by atoms with Crippen molar-refractivity contribution in [1.29, 1.82) is 5.26 Å². The zero-order valence-corrected chi connectivity index (χ0v) is 18.9. The first-order chi connectivity index (χ1) is 15.3. The van der Waals surface area contributed by atoms with Gasteiger partial charge in [-0.1, -0.05) is 13.8 Å². The second-order valence-corrected chi connectivity index (χ2v) is 10.5. The lowest BCUT2D eigenvalue weighted by atomic mass is 10.2. The van der Waals surface area contributed by atoms with Crippen LogP contribution in [-0.2, 0) is 21.2 Å². The smallest absolute Gasteiger partial charge is 0.241 e. The number of hydrogen-bond donors (Lipinski definition) is 2. The van der Waals surface area contributed by atoms with Crippen LogP contribution in [0.3, 0.4) is 0 Å². The van der Waals surface area contributed by atoms with Crippen LogP contribution in [0.5, 0.6) is 0 Å². The normalized spacial score (nSPS) is 16.4. The number of hydrogen-bond acceptors (Lipinski definition) is 5. The van der Waals surface area contributed by atoms with Crippen molar-refractivity contribution in [3.05, 3.63) is 54.2 Å². The van der Waals surface area contributed by atoms with E-state index in [1.807, 2.05) is 4.57 Å². The van der Waals surface area contributed by atoms with Crippen molar-refractivity contribution in [2.75, 3.05) is 11.9 Å². The average Bonchev–Trinajstić information content (AvgIpc) is 3.42. The second kappa shape index (κ2) is 8.77. The number of carbonyl (C=O) groups is 1. The molecule has 0 aliphatic carbocycles. The first kappa shape index (κ1) is 22.1. The van der Waals surface area contributed by atoms with Gasteiger partial charge in [0.05, 0.1) is 21.4 Å². The van der Waals surface area contributed by atoms with Crippen LogP contribution >= 0.6 is 0 Å². The van der Waals surface area contributed by atoms with E-state index in [0.717, 1.165) is 31.4 Å². The summed E-state index contributed by atoms with van der Waals surface area (Å²) in [4.78, 5) is 12.5. The van der Waals surface area contributed by atoms with E-state index in [9.17, 15) is 18.5 Å². The van der Waals surface area contributed by atoms with Gasteiger partial charge in [0.1, 0.15) is 6.07 Å². The monoisotopic (exact) mass is 450 g/mol. The third kappa shape index (κ3) is 4.27. The zero-order valence-electron chi connectivity index (χ0n) is 18.1. The highest BCUT2D eigenvalue weighted by Gasteiger charge is 2.23. The Morgan fingerprint density at radius 3 is 2.56 bits per heavy atom. The maximum absolute atomic E-state index is 13.2. The molecule has 1 aliphatic rings. The largest absolute Gasteiger partial charge is 0.346 e. The molecule has 2 heterocycles. The minimum Gasteiger partial charge on any atom is -0.346 e. The molecule has 0 radical (unpaired) electrons. The van der Waals surface area contributed by atoms with E-state index in [0.29, 0.717) is 22.6 Å². The Bertz CT molecular complexity index is 1300. The minimum absolute atomic E-state index is 0.112. The van der Waals surface area contributed by atoms with Crippen molar-refractivity contribution in [1.82, 2.24) is 9.88 Å². The SMILES string of the molecule is CC(C)Cn1cc(C#N)c2cc(S(=O)(=O)c3ccc(NC(=O)C4CCCN4)cc3)ccc21. The molecule has 1 amide bonds. The van der Waals surface area contributed by atoms with E-state index < -0.39 is 9.84 Å². The molecule has 2 aromatic carbocycles. The number of nitriles is 1. The van der Waals surface area contributed by atoms with Crippen molar-refractivity contribution in [3.8, 4) is 6.07 Å². The summed E-state index contributed by atoms with van der Waals surface area (Å²) in [5, 5.41) is 16.1. The number of sulfone groups is 1. The molecular weight excluding hydrogens is 424 g/mol.